The summed E-state index contributed by atoms with van der Waals surface area (Å²) in [4.78, 5) is 0. The normalized spacial score (nSPS) is 11.4. The van der Waals surface area contributed by atoms with Crippen molar-refractivity contribution >= 4 is 48.2 Å². The lowest BCUT2D eigenvalue weighted by atomic mass is 9.97. The first kappa shape index (κ1) is 14.7. The van der Waals surface area contributed by atoms with Crippen LogP contribution in [0.4, 0.5) is 0 Å². The number of halogens is 1. The fourth-order valence-electron chi connectivity index (χ4n) is 3.53. The van der Waals surface area contributed by atoms with Crippen LogP contribution in [0.1, 0.15) is 0 Å². The Kier molecular flexibility index (Phi) is 3.36. The third kappa shape index (κ3) is 2.52. The summed E-state index contributed by atoms with van der Waals surface area (Å²) in [5.41, 5.74) is 2.52. The molecule has 0 amide bonds. The Labute approximate surface area is 154 Å². The third-order valence-corrected chi connectivity index (χ3v) is 5.56. The third-order valence-electron chi connectivity index (χ3n) is 4.87. The molecule has 0 fully saturated rings. The fraction of sp³-hybridized carbons (Fsp3) is 0. The van der Waals surface area contributed by atoms with Crippen molar-refractivity contribution in [2.45, 2.75) is 0 Å². The van der Waals surface area contributed by atoms with Gasteiger partial charge in [0.15, 0.2) is 0 Å². The predicted molar refractivity (Wildman–Crippen MR) is 112 cm³/mol. The van der Waals surface area contributed by atoms with E-state index < -0.39 is 0 Å². The highest BCUT2D eigenvalue weighted by Crippen LogP contribution is 2.32. The van der Waals surface area contributed by atoms with Crippen molar-refractivity contribution in [1.82, 2.24) is 0 Å². The van der Waals surface area contributed by atoms with E-state index in [0.717, 1.165) is 4.47 Å². The molecule has 5 aromatic rings. The molecule has 0 atom stereocenters. The molecule has 0 nitrogen and oxygen atoms in total. The Morgan fingerprint density at radius 1 is 0.440 bits per heavy atom. The Morgan fingerprint density at radius 2 is 1.08 bits per heavy atom. The van der Waals surface area contributed by atoms with Gasteiger partial charge in [-0.25, -0.2) is 0 Å². The highest BCUT2D eigenvalue weighted by atomic mass is 79.9. The van der Waals surface area contributed by atoms with E-state index in [2.05, 4.69) is 107 Å². The molecule has 0 unspecified atom stereocenters. The highest BCUT2D eigenvalue weighted by Gasteiger charge is 2.04. The summed E-state index contributed by atoms with van der Waals surface area (Å²) in [6.45, 7) is 0. The highest BCUT2D eigenvalue weighted by molar-refractivity contribution is 9.10. The minimum absolute atomic E-state index is 1.14. The van der Waals surface area contributed by atoms with E-state index >= 15 is 0 Å². The molecule has 5 aromatic carbocycles. The lowest BCUT2D eigenvalue weighted by molar-refractivity contribution is 1.67. The average molecular weight is 383 g/mol. The molecule has 0 spiro atoms. The van der Waals surface area contributed by atoms with Gasteiger partial charge < -0.3 is 0 Å². The first-order valence-electron chi connectivity index (χ1n) is 8.39. The summed E-state index contributed by atoms with van der Waals surface area (Å²) in [5, 5.41) is 7.62. The van der Waals surface area contributed by atoms with Gasteiger partial charge in [-0.15, -0.1) is 0 Å². The first-order valence-corrected chi connectivity index (χ1v) is 9.18. The van der Waals surface area contributed by atoms with Gasteiger partial charge in [-0.3, -0.25) is 0 Å². The quantitative estimate of drug-likeness (QED) is 0.262. The van der Waals surface area contributed by atoms with Gasteiger partial charge in [-0.2, -0.15) is 0 Å². The fourth-order valence-corrected chi connectivity index (χ4v) is 4.03. The molecule has 0 radical (unpaired) electrons. The van der Waals surface area contributed by atoms with Crippen molar-refractivity contribution in [3.63, 3.8) is 0 Å². The first-order chi connectivity index (χ1) is 12.3. The van der Waals surface area contributed by atoms with Crippen molar-refractivity contribution in [3.05, 3.63) is 95.5 Å². The van der Waals surface area contributed by atoms with E-state index in [4.69, 9.17) is 0 Å². The van der Waals surface area contributed by atoms with Gasteiger partial charge in [0.2, 0.25) is 0 Å². The van der Waals surface area contributed by atoms with Crippen molar-refractivity contribution in [1.29, 1.82) is 0 Å². The Hall–Kier alpha value is -2.64. The topological polar surface area (TPSA) is 0 Å². The maximum atomic E-state index is 3.66. The van der Waals surface area contributed by atoms with Crippen molar-refractivity contribution in [2.75, 3.05) is 0 Å². The standard InChI is InChI=1S/C24H15Br/c25-24-7-3-6-21-14-22-13-19(10-11-20(22)15-23(21)24)18-9-8-16-4-1-2-5-17(16)12-18/h1-15H. The molecule has 118 valence electrons. The molecule has 0 bridgehead atoms. The smallest absolute Gasteiger partial charge is 0.0253 e. The van der Waals surface area contributed by atoms with E-state index in [0.29, 0.717) is 0 Å². The largest absolute Gasteiger partial charge is 0.0616 e. The zero-order valence-corrected chi connectivity index (χ0v) is 15.1. The van der Waals surface area contributed by atoms with Gasteiger partial charge >= 0.3 is 0 Å². The van der Waals surface area contributed by atoms with E-state index in [1.807, 2.05) is 0 Å². The molecule has 0 aliphatic rings. The molecule has 0 saturated heterocycles. The van der Waals surface area contributed by atoms with Crippen LogP contribution in [0.15, 0.2) is 95.5 Å². The molecule has 5 rings (SSSR count). The number of hydrogen-bond acceptors (Lipinski definition) is 0. The van der Waals surface area contributed by atoms with Gasteiger partial charge in [0.1, 0.15) is 0 Å². The Balaban J connectivity index is 1.71. The van der Waals surface area contributed by atoms with E-state index in [9.17, 15) is 0 Å². The van der Waals surface area contributed by atoms with Crippen LogP contribution in [0.5, 0.6) is 0 Å². The monoisotopic (exact) mass is 382 g/mol. The van der Waals surface area contributed by atoms with E-state index in [-0.39, 0.29) is 0 Å². The second-order valence-corrected chi connectivity index (χ2v) is 7.29. The van der Waals surface area contributed by atoms with E-state index in [1.54, 1.807) is 0 Å². The Bertz CT molecular complexity index is 1250. The van der Waals surface area contributed by atoms with Crippen LogP contribution >= 0.6 is 15.9 Å². The van der Waals surface area contributed by atoms with Crippen molar-refractivity contribution in [3.8, 4) is 11.1 Å². The summed E-state index contributed by atoms with van der Waals surface area (Å²) in [6.07, 6.45) is 0. The van der Waals surface area contributed by atoms with Crippen molar-refractivity contribution in [2.24, 2.45) is 0 Å². The van der Waals surface area contributed by atoms with Crippen LogP contribution in [0, 0.1) is 0 Å². The second-order valence-electron chi connectivity index (χ2n) is 6.44. The zero-order valence-electron chi connectivity index (χ0n) is 13.5. The number of benzene rings is 5. The lowest BCUT2D eigenvalue weighted by Crippen LogP contribution is -1.82. The van der Waals surface area contributed by atoms with Crippen LogP contribution in [-0.4, -0.2) is 0 Å². The number of fused-ring (bicyclic) bond motifs is 3. The summed E-state index contributed by atoms with van der Waals surface area (Å²) in [7, 11) is 0. The molecule has 0 aromatic heterocycles. The second kappa shape index (κ2) is 5.72. The van der Waals surface area contributed by atoms with Gasteiger partial charge in [-0.1, -0.05) is 76.6 Å². The molecular weight excluding hydrogens is 368 g/mol. The van der Waals surface area contributed by atoms with Gasteiger partial charge in [0, 0.05) is 4.47 Å². The molecular formula is C24H15Br. The predicted octanol–water partition coefficient (Wildman–Crippen LogP) is 7.58. The summed E-state index contributed by atoms with van der Waals surface area (Å²) < 4.78 is 1.14. The summed E-state index contributed by atoms with van der Waals surface area (Å²) >= 11 is 3.66. The molecule has 25 heavy (non-hydrogen) atoms. The maximum Gasteiger partial charge on any atom is 0.0253 e. The summed E-state index contributed by atoms with van der Waals surface area (Å²) in [5.74, 6) is 0. The lowest BCUT2D eigenvalue weighted by Gasteiger charge is -2.08. The molecule has 0 saturated carbocycles. The summed E-state index contributed by atoms with van der Waals surface area (Å²) in [6, 6.07) is 32.8. The molecule has 0 aliphatic carbocycles. The molecule has 1 heteroatoms. The average Bonchev–Trinajstić information content (AvgIpc) is 2.66. The number of rotatable bonds is 1. The van der Waals surface area contributed by atoms with Crippen LogP contribution in [0.3, 0.4) is 0 Å². The van der Waals surface area contributed by atoms with Gasteiger partial charge in [-0.05, 0) is 73.8 Å². The van der Waals surface area contributed by atoms with E-state index in [1.165, 1.54) is 43.4 Å². The van der Waals surface area contributed by atoms with Crippen molar-refractivity contribution < 1.29 is 0 Å². The van der Waals surface area contributed by atoms with Gasteiger partial charge in [0.05, 0.1) is 0 Å². The van der Waals surface area contributed by atoms with Crippen LogP contribution in [0.25, 0.3) is 43.4 Å². The number of hydrogen-bond donors (Lipinski definition) is 0. The van der Waals surface area contributed by atoms with Gasteiger partial charge in [0.25, 0.3) is 0 Å². The zero-order chi connectivity index (χ0) is 16.8. The van der Waals surface area contributed by atoms with Crippen LogP contribution in [0.2, 0.25) is 0 Å². The van der Waals surface area contributed by atoms with Crippen LogP contribution in [-0.2, 0) is 0 Å². The molecule has 0 N–H and O–H groups in total. The molecule has 0 aliphatic heterocycles. The maximum absolute atomic E-state index is 3.66. The van der Waals surface area contributed by atoms with Crippen LogP contribution < -0.4 is 0 Å². The molecule has 0 heterocycles. The SMILES string of the molecule is Brc1cccc2cc3cc(-c4ccc5ccccc5c4)ccc3cc12. The Morgan fingerprint density at radius 3 is 1.92 bits per heavy atom. The minimum atomic E-state index is 1.14. The minimum Gasteiger partial charge on any atom is -0.0616 e.